The summed E-state index contributed by atoms with van der Waals surface area (Å²) in [7, 11) is 1.95. The lowest BCUT2D eigenvalue weighted by molar-refractivity contribution is 0.0828. The third-order valence-electron chi connectivity index (χ3n) is 6.89. The fourth-order valence-electron chi connectivity index (χ4n) is 5.12. The molecule has 174 valence electrons. The first kappa shape index (κ1) is 22.0. The van der Waals surface area contributed by atoms with Crippen LogP contribution in [0, 0.1) is 23.2 Å². The summed E-state index contributed by atoms with van der Waals surface area (Å²) in [6, 6.07) is 10.8. The molecule has 0 radical (unpaired) electrons. The Kier molecular flexibility index (Phi) is 6.23. The first-order valence-electron chi connectivity index (χ1n) is 11.7. The number of urea groups is 1. The van der Waals surface area contributed by atoms with Crippen molar-refractivity contribution in [2.45, 2.75) is 31.1 Å². The Morgan fingerprint density at radius 2 is 1.91 bits per heavy atom. The highest BCUT2D eigenvalue weighted by atomic mass is 16.2. The number of fused-ring (bicyclic) bond motifs is 1. The maximum Gasteiger partial charge on any atom is 0.319 e. The number of piperidine rings is 1. The number of nitrogens with one attached hydrogen (secondary N) is 2. The van der Waals surface area contributed by atoms with Gasteiger partial charge in [-0.1, -0.05) is 30.4 Å². The molecule has 3 heterocycles. The van der Waals surface area contributed by atoms with Gasteiger partial charge in [0, 0.05) is 49.9 Å². The van der Waals surface area contributed by atoms with Crippen LogP contribution in [0.15, 0.2) is 71.1 Å². The Labute approximate surface area is 198 Å². The van der Waals surface area contributed by atoms with Crippen LogP contribution in [0.4, 0.5) is 10.5 Å². The maximum absolute atomic E-state index is 12.5. The lowest BCUT2D eigenvalue weighted by atomic mass is 9.78. The van der Waals surface area contributed by atoms with Crippen molar-refractivity contribution in [1.82, 2.24) is 20.0 Å². The smallest absolute Gasteiger partial charge is 0.319 e. The number of nitrogens with zero attached hydrogens (tertiary/aromatic N) is 6. The molecular weight excluding hydrogens is 428 g/mol. The van der Waals surface area contributed by atoms with E-state index in [1.165, 1.54) is 0 Å². The molecular formula is C25H28N8O. The third kappa shape index (κ3) is 4.50. The largest absolute Gasteiger partial charge is 0.335 e. The number of aryl methyl sites for hydroxylation is 1. The van der Waals surface area contributed by atoms with Crippen molar-refractivity contribution in [3.63, 3.8) is 0 Å². The highest BCUT2D eigenvalue weighted by Crippen LogP contribution is 2.42. The molecule has 0 bridgehead atoms. The molecule has 1 fully saturated rings. The molecule has 2 amide bonds. The number of likely N-dealkylation sites (tertiary alicyclic amines) is 1. The number of rotatable bonds is 4. The van der Waals surface area contributed by atoms with E-state index in [4.69, 9.17) is 15.5 Å². The van der Waals surface area contributed by atoms with Crippen molar-refractivity contribution < 1.29 is 4.79 Å². The van der Waals surface area contributed by atoms with Gasteiger partial charge in [0.05, 0.1) is 17.3 Å². The highest BCUT2D eigenvalue weighted by molar-refractivity contribution is 5.89. The zero-order valence-electron chi connectivity index (χ0n) is 19.1. The minimum absolute atomic E-state index is 0.000763. The predicted molar refractivity (Wildman–Crippen MR) is 128 cm³/mol. The monoisotopic (exact) mass is 456 g/mol. The van der Waals surface area contributed by atoms with E-state index >= 15 is 0 Å². The molecule has 4 atom stereocenters. The Bertz CT molecular complexity index is 1170. The molecule has 0 spiro atoms. The second-order valence-corrected chi connectivity index (χ2v) is 8.99. The van der Waals surface area contributed by atoms with E-state index in [-0.39, 0.29) is 36.1 Å². The third-order valence-corrected chi connectivity index (χ3v) is 6.89. The molecule has 2 aromatic rings. The number of anilines is 1. The van der Waals surface area contributed by atoms with E-state index in [9.17, 15) is 4.79 Å². The first-order chi connectivity index (χ1) is 16.6. The second kappa shape index (κ2) is 9.61. The number of carbonyl (C=O) groups excluding carboxylic acids is 1. The molecule has 1 aromatic heterocycles. The van der Waals surface area contributed by atoms with Gasteiger partial charge in [-0.15, -0.1) is 0 Å². The van der Waals surface area contributed by atoms with Crippen molar-refractivity contribution in [2.24, 2.45) is 29.1 Å². The van der Waals surface area contributed by atoms with Crippen LogP contribution in [0.2, 0.25) is 0 Å². The topological polar surface area (TPSA) is 111 Å². The minimum atomic E-state index is -0.245. The molecule has 9 heteroatoms. The van der Waals surface area contributed by atoms with Gasteiger partial charge in [-0.25, -0.2) is 4.79 Å². The summed E-state index contributed by atoms with van der Waals surface area (Å²) < 4.78 is 1.88. The summed E-state index contributed by atoms with van der Waals surface area (Å²) >= 11 is 0. The van der Waals surface area contributed by atoms with Gasteiger partial charge < -0.3 is 10.6 Å². The van der Waals surface area contributed by atoms with Crippen molar-refractivity contribution in [2.75, 3.05) is 18.4 Å². The summed E-state index contributed by atoms with van der Waals surface area (Å²) in [5.74, 6) is 0.497. The first-order valence-corrected chi connectivity index (χ1v) is 11.7. The second-order valence-electron chi connectivity index (χ2n) is 8.99. The van der Waals surface area contributed by atoms with Crippen LogP contribution in [-0.4, -0.2) is 46.0 Å². The zero-order valence-corrected chi connectivity index (χ0v) is 19.1. The predicted octanol–water partition coefficient (Wildman–Crippen LogP) is 3.77. The number of allylic oxidation sites excluding steroid dienone is 2. The van der Waals surface area contributed by atoms with Gasteiger partial charge in [-0.3, -0.25) is 9.58 Å². The maximum atomic E-state index is 12.5. The molecule has 2 N–H and O–H groups in total. The van der Waals surface area contributed by atoms with Gasteiger partial charge in [0.15, 0.2) is 0 Å². The molecule has 1 aliphatic carbocycles. The van der Waals surface area contributed by atoms with Gasteiger partial charge in [0.25, 0.3) is 0 Å². The molecule has 3 aliphatic rings. The fourth-order valence-corrected chi connectivity index (χ4v) is 5.12. The number of nitriles is 1. The summed E-state index contributed by atoms with van der Waals surface area (Å²) in [6.45, 7) is 1.69. The molecule has 1 saturated heterocycles. The van der Waals surface area contributed by atoms with Crippen molar-refractivity contribution in [3.8, 4) is 6.07 Å². The molecule has 34 heavy (non-hydrogen) atoms. The average molecular weight is 457 g/mol. The number of hydrogen-bond donors (Lipinski definition) is 2. The van der Waals surface area contributed by atoms with Crippen LogP contribution in [0.5, 0.6) is 0 Å². The standard InChI is InChI=1S/C25H28N8O/c1-32-22(9-12-27-32)23-20-7-2-3-8-21(20)24(31-30-23)33-13-10-18(11-14-33)28-25(34)29-19-6-4-5-17(15-19)16-26/h2-9,12,15,18,20-21,23-24H,10-11,13-14H2,1H3,(H2,28,29,34). The van der Waals surface area contributed by atoms with Crippen LogP contribution >= 0.6 is 0 Å². The van der Waals surface area contributed by atoms with E-state index in [1.54, 1.807) is 24.3 Å². The molecule has 4 unspecified atom stereocenters. The lowest BCUT2D eigenvalue weighted by Gasteiger charge is -2.43. The zero-order chi connectivity index (χ0) is 23.5. The number of hydrogen-bond acceptors (Lipinski definition) is 6. The van der Waals surface area contributed by atoms with Gasteiger partial charge >= 0.3 is 6.03 Å². The number of benzene rings is 1. The van der Waals surface area contributed by atoms with Crippen LogP contribution in [0.1, 0.15) is 30.1 Å². The lowest BCUT2D eigenvalue weighted by Crippen LogP contribution is -2.51. The summed E-state index contributed by atoms with van der Waals surface area (Å²) in [5.41, 5.74) is 2.21. The normalized spacial score (nSPS) is 26.6. The number of azo groups is 1. The SMILES string of the molecule is Cn1nccc1C1N=NC(N2CCC(NC(=O)Nc3cccc(C#N)c3)CC2)C2C=CC=CC12. The van der Waals surface area contributed by atoms with Gasteiger partial charge in [-0.05, 0) is 37.1 Å². The average Bonchev–Trinajstić information content (AvgIpc) is 3.29. The molecule has 1 aromatic carbocycles. The van der Waals surface area contributed by atoms with E-state index < -0.39 is 0 Å². The molecule has 2 aliphatic heterocycles. The Hall–Kier alpha value is -3.77. The fraction of sp³-hybridized carbons (Fsp3) is 0.400. The van der Waals surface area contributed by atoms with Crippen LogP contribution in [0.3, 0.4) is 0 Å². The Balaban J connectivity index is 1.19. The number of carbonyl (C=O) groups is 1. The van der Waals surface area contributed by atoms with Crippen LogP contribution in [-0.2, 0) is 7.05 Å². The highest BCUT2D eigenvalue weighted by Gasteiger charge is 2.41. The van der Waals surface area contributed by atoms with Gasteiger partial charge in [0.2, 0.25) is 0 Å². The van der Waals surface area contributed by atoms with Crippen molar-refractivity contribution in [3.05, 3.63) is 72.1 Å². The summed E-state index contributed by atoms with van der Waals surface area (Å²) in [4.78, 5) is 14.8. The minimum Gasteiger partial charge on any atom is -0.335 e. The van der Waals surface area contributed by atoms with Crippen LogP contribution < -0.4 is 10.6 Å². The Morgan fingerprint density at radius 3 is 2.65 bits per heavy atom. The Morgan fingerprint density at radius 1 is 1.12 bits per heavy atom. The van der Waals surface area contributed by atoms with E-state index in [2.05, 4.69) is 51.0 Å². The summed E-state index contributed by atoms with van der Waals surface area (Å²) in [5, 5.41) is 28.7. The van der Waals surface area contributed by atoms with Crippen molar-refractivity contribution in [1.29, 1.82) is 5.26 Å². The van der Waals surface area contributed by atoms with Crippen LogP contribution in [0.25, 0.3) is 0 Å². The summed E-state index contributed by atoms with van der Waals surface area (Å²) in [6.07, 6.45) is 12.2. The molecule has 0 saturated carbocycles. The number of amides is 2. The van der Waals surface area contributed by atoms with E-state index in [0.717, 1.165) is 31.6 Å². The van der Waals surface area contributed by atoms with Gasteiger partial charge in [-0.2, -0.15) is 20.6 Å². The quantitative estimate of drug-likeness (QED) is 0.729. The van der Waals surface area contributed by atoms with Gasteiger partial charge in [0.1, 0.15) is 12.2 Å². The van der Waals surface area contributed by atoms with E-state index in [0.29, 0.717) is 11.3 Å². The molecule has 5 rings (SSSR count). The van der Waals surface area contributed by atoms with E-state index in [1.807, 2.05) is 24.0 Å². The van der Waals surface area contributed by atoms with Crippen molar-refractivity contribution >= 4 is 11.7 Å². The number of aromatic nitrogens is 2. The molecule has 9 nitrogen and oxygen atoms in total.